The molecule has 4 nitrogen and oxygen atoms in total. The largest absolute Gasteiger partial charge is 0.370 e. The van der Waals surface area contributed by atoms with Crippen LogP contribution in [-0.4, -0.2) is 18.6 Å². The minimum Gasteiger partial charge on any atom is -0.370 e. The zero-order chi connectivity index (χ0) is 15.1. The van der Waals surface area contributed by atoms with E-state index in [-0.39, 0.29) is 0 Å². The molecule has 1 heterocycles. The lowest BCUT2D eigenvalue weighted by Gasteiger charge is -2.20. The summed E-state index contributed by atoms with van der Waals surface area (Å²) in [6, 6.07) is 13.9. The van der Waals surface area contributed by atoms with Crippen molar-refractivity contribution in [3.05, 3.63) is 53.7 Å². The van der Waals surface area contributed by atoms with Crippen molar-refractivity contribution in [2.75, 3.05) is 23.8 Å². The van der Waals surface area contributed by atoms with Gasteiger partial charge in [0.2, 0.25) is 0 Å². The minimum absolute atomic E-state index is 0.680. The molecule has 0 fully saturated rings. The van der Waals surface area contributed by atoms with Crippen molar-refractivity contribution in [1.29, 1.82) is 5.26 Å². The van der Waals surface area contributed by atoms with Crippen LogP contribution in [0, 0.1) is 11.3 Å². The van der Waals surface area contributed by atoms with Gasteiger partial charge in [0, 0.05) is 32.0 Å². The average Bonchev–Trinajstić information content (AvgIpc) is 2.53. The first-order chi connectivity index (χ1) is 10.2. The van der Waals surface area contributed by atoms with Crippen molar-refractivity contribution >= 4 is 11.5 Å². The first kappa shape index (κ1) is 14.9. The number of pyridine rings is 1. The molecule has 0 spiro atoms. The molecule has 1 aromatic heterocycles. The van der Waals surface area contributed by atoms with E-state index in [1.165, 1.54) is 5.56 Å². The maximum Gasteiger partial charge on any atom is 0.126 e. The highest BCUT2D eigenvalue weighted by molar-refractivity contribution is 5.51. The maximum absolute atomic E-state index is 8.97. The Kier molecular flexibility index (Phi) is 5.16. The summed E-state index contributed by atoms with van der Waals surface area (Å²) in [5.41, 5.74) is 2.90. The summed E-state index contributed by atoms with van der Waals surface area (Å²) < 4.78 is 0. The van der Waals surface area contributed by atoms with Crippen molar-refractivity contribution in [3.8, 4) is 6.07 Å². The quantitative estimate of drug-likeness (QED) is 0.881. The third kappa shape index (κ3) is 4.22. The molecule has 0 radical (unpaired) electrons. The zero-order valence-corrected chi connectivity index (χ0v) is 12.5. The fraction of sp³-hybridized carbons (Fsp3) is 0.294. The third-order valence-corrected chi connectivity index (χ3v) is 3.22. The summed E-state index contributed by atoms with van der Waals surface area (Å²) in [4.78, 5) is 6.44. The Morgan fingerprint density at radius 1 is 1.29 bits per heavy atom. The van der Waals surface area contributed by atoms with Crippen LogP contribution in [0.5, 0.6) is 0 Å². The Hall–Kier alpha value is -2.54. The van der Waals surface area contributed by atoms with E-state index in [9.17, 15) is 0 Å². The molecule has 4 heteroatoms. The number of nitriles is 1. The van der Waals surface area contributed by atoms with E-state index in [0.29, 0.717) is 5.56 Å². The van der Waals surface area contributed by atoms with Gasteiger partial charge < -0.3 is 10.2 Å². The van der Waals surface area contributed by atoms with Crippen molar-refractivity contribution < 1.29 is 0 Å². The van der Waals surface area contributed by atoms with Crippen LogP contribution < -0.4 is 10.2 Å². The summed E-state index contributed by atoms with van der Waals surface area (Å²) in [5, 5.41) is 12.3. The number of nitrogens with zero attached hydrogens (tertiary/aromatic N) is 3. The zero-order valence-electron chi connectivity index (χ0n) is 12.5. The molecule has 0 saturated carbocycles. The highest BCUT2D eigenvalue weighted by atomic mass is 15.1. The number of hydrogen-bond acceptors (Lipinski definition) is 4. The summed E-state index contributed by atoms with van der Waals surface area (Å²) in [7, 11) is 2.02. The predicted molar refractivity (Wildman–Crippen MR) is 86.3 cm³/mol. The molecule has 1 N–H and O–H groups in total. The average molecular weight is 280 g/mol. The molecule has 0 unspecified atom stereocenters. The van der Waals surface area contributed by atoms with Crippen molar-refractivity contribution in [2.24, 2.45) is 0 Å². The fourth-order valence-corrected chi connectivity index (χ4v) is 2.10. The van der Waals surface area contributed by atoms with Gasteiger partial charge in [-0.3, -0.25) is 0 Å². The number of rotatable bonds is 6. The van der Waals surface area contributed by atoms with Gasteiger partial charge in [0.1, 0.15) is 5.82 Å². The van der Waals surface area contributed by atoms with E-state index in [1.807, 2.05) is 43.6 Å². The summed E-state index contributed by atoms with van der Waals surface area (Å²) >= 11 is 0. The first-order valence-electron chi connectivity index (χ1n) is 7.13. The molecule has 21 heavy (non-hydrogen) atoms. The normalized spacial score (nSPS) is 9.95. The van der Waals surface area contributed by atoms with E-state index in [1.54, 1.807) is 0 Å². The van der Waals surface area contributed by atoms with E-state index in [2.05, 4.69) is 34.3 Å². The molecule has 0 amide bonds. The molecule has 0 saturated heterocycles. The highest BCUT2D eigenvalue weighted by Crippen LogP contribution is 2.17. The van der Waals surface area contributed by atoms with Crippen LogP contribution >= 0.6 is 0 Å². The second kappa shape index (κ2) is 7.30. The van der Waals surface area contributed by atoms with Crippen LogP contribution in [0.1, 0.15) is 24.5 Å². The molecule has 2 rings (SSSR count). The maximum atomic E-state index is 8.97. The highest BCUT2D eigenvalue weighted by Gasteiger charge is 2.04. The van der Waals surface area contributed by atoms with Crippen LogP contribution in [0.2, 0.25) is 0 Å². The van der Waals surface area contributed by atoms with Crippen LogP contribution in [0.3, 0.4) is 0 Å². The lowest BCUT2D eigenvalue weighted by atomic mass is 10.2. The number of aromatic nitrogens is 1. The van der Waals surface area contributed by atoms with Crippen LogP contribution in [-0.2, 0) is 6.54 Å². The predicted octanol–water partition coefficient (Wildman–Crippen LogP) is 3.41. The third-order valence-electron chi connectivity index (χ3n) is 3.22. The van der Waals surface area contributed by atoms with Gasteiger partial charge in [-0.15, -0.1) is 0 Å². The van der Waals surface area contributed by atoms with Gasteiger partial charge in [0.05, 0.1) is 11.6 Å². The molecular formula is C17H20N4. The van der Waals surface area contributed by atoms with Gasteiger partial charge in [-0.1, -0.05) is 13.0 Å². The van der Waals surface area contributed by atoms with Crippen LogP contribution in [0.25, 0.3) is 0 Å². The number of anilines is 2. The number of benzene rings is 1. The van der Waals surface area contributed by atoms with E-state index < -0.39 is 0 Å². The molecule has 0 bridgehead atoms. The van der Waals surface area contributed by atoms with Gasteiger partial charge in [-0.05, 0) is 42.3 Å². The van der Waals surface area contributed by atoms with E-state index in [4.69, 9.17) is 5.26 Å². The van der Waals surface area contributed by atoms with E-state index in [0.717, 1.165) is 31.0 Å². The monoisotopic (exact) mass is 280 g/mol. The van der Waals surface area contributed by atoms with Crippen LogP contribution in [0.15, 0.2) is 42.6 Å². The van der Waals surface area contributed by atoms with Crippen molar-refractivity contribution in [2.45, 2.75) is 19.9 Å². The molecule has 0 atom stereocenters. The Morgan fingerprint density at radius 2 is 2.14 bits per heavy atom. The van der Waals surface area contributed by atoms with Crippen LogP contribution in [0.4, 0.5) is 11.5 Å². The number of hydrogen-bond donors (Lipinski definition) is 1. The summed E-state index contributed by atoms with van der Waals surface area (Å²) in [6.07, 6.45) is 2.90. The topological polar surface area (TPSA) is 52.0 Å². The van der Waals surface area contributed by atoms with Crippen molar-refractivity contribution in [1.82, 2.24) is 4.98 Å². The molecule has 108 valence electrons. The van der Waals surface area contributed by atoms with Gasteiger partial charge in [0.25, 0.3) is 0 Å². The molecule has 0 aliphatic heterocycles. The summed E-state index contributed by atoms with van der Waals surface area (Å²) in [6.45, 7) is 3.83. The molecule has 0 aliphatic carbocycles. The van der Waals surface area contributed by atoms with Gasteiger partial charge in [-0.25, -0.2) is 4.98 Å². The molecule has 0 aliphatic rings. The van der Waals surface area contributed by atoms with E-state index >= 15 is 0 Å². The second-order valence-corrected chi connectivity index (χ2v) is 4.99. The Bertz CT molecular complexity index is 631. The molecule has 1 aromatic carbocycles. The lowest BCUT2D eigenvalue weighted by molar-refractivity contribution is 0.915. The fourth-order valence-electron chi connectivity index (χ4n) is 2.10. The van der Waals surface area contributed by atoms with Gasteiger partial charge in [-0.2, -0.15) is 5.26 Å². The van der Waals surface area contributed by atoms with Gasteiger partial charge >= 0.3 is 0 Å². The minimum atomic E-state index is 0.680. The molecule has 2 aromatic rings. The molecular weight excluding hydrogens is 260 g/mol. The lowest BCUT2D eigenvalue weighted by Crippen LogP contribution is -2.16. The number of nitrogens with one attached hydrogen (secondary N) is 1. The summed E-state index contributed by atoms with van der Waals surface area (Å²) in [5.74, 6) is 0.911. The SMILES string of the molecule is CCCNc1cc(CN(C)c2cccc(C#N)c2)ccn1. The Labute approximate surface area is 126 Å². The Balaban J connectivity index is 2.08. The standard InChI is InChI=1S/C17H20N4/c1-3-8-19-17-11-15(7-9-20-17)13-21(2)16-6-4-5-14(10-16)12-18/h4-7,9-11H,3,8,13H2,1-2H3,(H,19,20). The smallest absolute Gasteiger partial charge is 0.126 e. The van der Waals surface area contributed by atoms with Crippen molar-refractivity contribution in [3.63, 3.8) is 0 Å². The van der Waals surface area contributed by atoms with Gasteiger partial charge in [0.15, 0.2) is 0 Å². The second-order valence-electron chi connectivity index (χ2n) is 4.99. The Morgan fingerprint density at radius 3 is 2.90 bits per heavy atom. The first-order valence-corrected chi connectivity index (χ1v) is 7.13.